The number of carbonyl (C=O) groups is 1. The topological polar surface area (TPSA) is 29.5 Å². The molecular weight excluding hydrogens is 262 g/mol. The van der Waals surface area contributed by atoms with E-state index in [2.05, 4.69) is 4.90 Å². The zero-order valence-corrected chi connectivity index (χ0v) is 12.1. The van der Waals surface area contributed by atoms with E-state index in [1.54, 1.807) is 25.3 Å². The molecule has 0 saturated carbocycles. The molecular formula is C15H20ClNO2. The van der Waals surface area contributed by atoms with Crippen molar-refractivity contribution < 1.29 is 9.53 Å². The molecule has 0 aliphatic carbocycles. The Balaban J connectivity index is 1.95. The highest BCUT2D eigenvalue weighted by molar-refractivity contribution is 6.34. The number of ether oxygens (including phenoxy) is 1. The van der Waals surface area contributed by atoms with Crippen LogP contribution in [0.15, 0.2) is 18.2 Å². The van der Waals surface area contributed by atoms with Crippen molar-refractivity contribution in [1.82, 2.24) is 4.90 Å². The van der Waals surface area contributed by atoms with Crippen molar-refractivity contribution in [3.05, 3.63) is 28.8 Å². The molecule has 1 saturated heterocycles. The summed E-state index contributed by atoms with van der Waals surface area (Å²) in [5, 5.41) is 0.504. The fourth-order valence-corrected chi connectivity index (χ4v) is 2.65. The largest absolute Gasteiger partial charge is 0.497 e. The number of carbonyl (C=O) groups excluding carboxylic acids is 1. The van der Waals surface area contributed by atoms with Gasteiger partial charge in [-0.3, -0.25) is 4.79 Å². The highest BCUT2D eigenvalue weighted by atomic mass is 35.5. The van der Waals surface area contributed by atoms with Gasteiger partial charge >= 0.3 is 0 Å². The minimum Gasteiger partial charge on any atom is -0.497 e. The summed E-state index contributed by atoms with van der Waals surface area (Å²) in [7, 11) is 1.59. The van der Waals surface area contributed by atoms with E-state index in [9.17, 15) is 4.79 Å². The number of ketones is 1. The van der Waals surface area contributed by atoms with Crippen molar-refractivity contribution in [3.8, 4) is 5.75 Å². The molecule has 2 rings (SSSR count). The first-order chi connectivity index (χ1) is 9.20. The Labute approximate surface area is 119 Å². The van der Waals surface area contributed by atoms with Gasteiger partial charge in [0.05, 0.1) is 12.1 Å². The van der Waals surface area contributed by atoms with Crippen LogP contribution in [0.2, 0.25) is 5.02 Å². The van der Waals surface area contributed by atoms with Gasteiger partial charge in [-0.05, 0) is 44.1 Å². The number of Topliss-reactive ketones (excluding diaryl/α,β-unsaturated/α-hetero) is 1. The molecule has 1 aromatic rings. The molecule has 0 radical (unpaired) electrons. The monoisotopic (exact) mass is 281 g/mol. The summed E-state index contributed by atoms with van der Waals surface area (Å²) < 4.78 is 5.13. The van der Waals surface area contributed by atoms with Crippen LogP contribution >= 0.6 is 11.6 Å². The molecule has 0 unspecified atom stereocenters. The minimum absolute atomic E-state index is 0.0921. The third-order valence-electron chi connectivity index (χ3n) is 3.58. The van der Waals surface area contributed by atoms with Gasteiger partial charge in [-0.15, -0.1) is 0 Å². The van der Waals surface area contributed by atoms with Crippen molar-refractivity contribution in [2.45, 2.75) is 25.7 Å². The summed E-state index contributed by atoms with van der Waals surface area (Å²) in [5.74, 6) is 0.764. The van der Waals surface area contributed by atoms with Crippen LogP contribution in [0.5, 0.6) is 5.75 Å². The lowest BCUT2D eigenvalue weighted by atomic mass is 10.1. The average molecular weight is 282 g/mol. The maximum Gasteiger partial charge on any atom is 0.165 e. The lowest BCUT2D eigenvalue weighted by molar-refractivity contribution is 0.0958. The minimum atomic E-state index is 0.0921. The Kier molecular flexibility index (Phi) is 5.23. The van der Waals surface area contributed by atoms with E-state index in [-0.39, 0.29) is 5.78 Å². The van der Waals surface area contributed by atoms with Crippen molar-refractivity contribution in [1.29, 1.82) is 0 Å². The van der Waals surface area contributed by atoms with Crippen LogP contribution in [0.4, 0.5) is 0 Å². The van der Waals surface area contributed by atoms with E-state index in [1.165, 1.54) is 19.3 Å². The van der Waals surface area contributed by atoms with Crippen molar-refractivity contribution in [3.63, 3.8) is 0 Å². The number of hydrogen-bond acceptors (Lipinski definition) is 3. The molecule has 0 atom stereocenters. The molecule has 1 aromatic carbocycles. The van der Waals surface area contributed by atoms with Crippen LogP contribution in [0, 0.1) is 0 Å². The van der Waals surface area contributed by atoms with Crippen LogP contribution < -0.4 is 4.74 Å². The standard InChI is InChI=1S/C15H20ClNO2/c1-19-12-5-6-14(16)13(11-12)15(18)7-10-17-8-3-2-4-9-17/h5-6,11H,2-4,7-10H2,1H3. The highest BCUT2D eigenvalue weighted by Crippen LogP contribution is 2.23. The lowest BCUT2D eigenvalue weighted by Gasteiger charge is -2.26. The third kappa shape index (κ3) is 3.95. The molecule has 1 aliphatic heterocycles. The van der Waals surface area contributed by atoms with Crippen molar-refractivity contribution in [2.75, 3.05) is 26.7 Å². The molecule has 0 amide bonds. The molecule has 0 bridgehead atoms. The van der Waals surface area contributed by atoms with Crippen LogP contribution in [0.1, 0.15) is 36.0 Å². The Hall–Kier alpha value is -1.06. The molecule has 1 aliphatic rings. The van der Waals surface area contributed by atoms with E-state index < -0.39 is 0 Å². The first kappa shape index (κ1) is 14.4. The Bertz CT molecular complexity index is 442. The third-order valence-corrected chi connectivity index (χ3v) is 3.91. The number of piperidine rings is 1. The normalized spacial score (nSPS) is 16.3. The zero-order valence-electron chi connectivity index (χ0n) is 11.3. The molecule has 19 heavy (non-hydrogen) atoms. The molecule has 1 fully saturated rings. The summed E-state index contributed by atoms with van der Waals surface area (Å²) in [4.78, 5) is 14.6. The predicted molar refractivity (Wildman–Crippen MR) is 77.2 cm³/mol. The number of halogens is 1. The second-order valence-electron chi connectivity index (χ2n) is 4.92. The zero-order chi connectivity index (χ0) is 13.7. The van der Waals surface area contributed by atoms with Gasteiger partial charge in [0.1, 0.15) is 5.75 Å². The van der Waals surface area contributed by atoms with Gasteiger partial charge in [0.25, 0.3) is 0 Å². The average Bonchev–Trinajstić information content (AvgIpc) is 2.46. The molecule has 3 nitrogen and oxygen atoms in total. The van der Waals surface area contributed by atoms with Crippen molar-refractivity contribution in [2.24, 2.45) is 0 Å². The molecule has 4 heteroatoms. The fraction of sp³-hybridized carbons (Fsp3) is 0.533. The van der Waals surface area contributed by atoms with E-state index in [0.717, 1.165) is 19.6 Å². The van der Waals surface area contributed by atoms with Crippen LogP contribution in [0.25, 0.3) is 0 Å². The Morgan fingerprint density at radius 2 is 2.05 bits per heavy atom. The number of benzene rings is 1. The number of methoxy groups -OCH3 is 1. The van der Waals surface area contributed by atoms with E-state index >= 15 is 0 Å². The first-order valence-electron chi connectivity index (χ1n) is 6.80. The quantitative estimate of drug-likeness (QED) is 0.775. The van der Waals surface area contributed by atoms with Gasteiger partial charge in [-0.2, -0.15) is 0 Å². The molecule has 1 heterocycles. The summed E-state index contributed by atoms with van der Waals surface area (Å²) in [6.07, 6.45) is 4.32. The number of rotatable bonds is 5. The number of nitrogens with zero attached hydrogens (tertiary/aromatic N) is 1. The fourth-order valence-electron chi connectivity index (χ4n) is 2.42. The van der Waals surface area contributed by atoms with E-state index in [0.29, 0.717) is 22.8 Å². The van der Waals surface area contributed by atoms with Gasteiger partial charge in [-0.25, -0.2) is 0 Å². The maximum atomic E-state index is 12.2. The van der Waals surface area contributed by atoms with Crippen LogP contribution in [-0.2, 0) is 0 Å². The summed E-state index contributed by atoms with van der Waals surface area (Å²) in [6, 6.07) is 5.21. The van der Waals surface area contributed by atoms with Gasteiger partial charge in [0, 0.05) is 18.5 Å². The molecule has 0 spiro atoms. The maximum absolute atomic E-state index is 12.2. The summed E-state index contributed by atoms with van der Waals surface area (Å²) in [6.45, 7) is 3.05. The summed E-state index contributed by atoms with van der Waals surface area (Å²) in [5.41, 5.74) is 0.568. The smallest absolute Gasteiger partial charge is 0.165 e. The Morgan fingerprint density at radius 3 is 2.74 bits per heavy atom. The highest BCUT2D eigenvalue weighted by Gasteiger charge is 2.15. The van der Waals surface area contributed by atoms with Crippen molar-refractivity contribution >= 4 is 17.4 Å². The lowest BCUT2D eigenvalue weighted by Crippen LogP contribution is -2.31. The number of hydrogen-bond donors (Lipinski definition) is 0. The van der Waals surface area contributed by atoms with Crippen LogP contribution in [-0.4, -0.2) is 37.4 Å². The van der Waals surface area contributed by atoms with Gasteiger partial charge < -0.3 is 9.64 Å². The summed E-state index contributed by atoms with van der Waals surface area (Å²) >= 11 is 6.08. The SMILES string of the molecule is COc1ccc(Cl)c(C(=O)CCN2CCCCC2)c1. The van der Waals surface area contributed by atoms with E-state index in [1.807, 2.05) is 0 Å². The van der Waals surface area contributed by atoms with Gasteiger partial charge in [-0.1, -0.05) is 18.0 Å². The van der Waals surface area contributed by atoms with Gasteiger partial charge in [0.15, 0.2) is 5.78 Å². The van der Waals surface area contributed by atoms with Gasteiger partial charge in [0.2, 0.25) is 0 Å². The second-order valence-corrected chi connectivity index (χ2v) is 5.33. The molecule has 104 valence electrons. The number of likely N-dealkylation sites (tertiary alicyclic amines) is 1. The Morgan fingerprint density at radius 1 is 1.32 bits per heavy atom. The molecule has 0 N–H and O–H groups in total. The molecule has 0 aromatic heterocycles. The second kappa shape index (κ2) is 6.92. The van der Waals surface area contributed by atoms with E-state index in [4.69, 9.17) is 16.3 Å². The first-order valence-corrected chi connectivity index (χ1v) is 7.17. The predicted octanol–water partition coefficient (Wildman–Crippen LogP) is 3.41. The van der Waals surface area contributed by atoms with Crippen LogP contribution in [0.3, 0.4) is 0 Å².